The van der Waals surface area contributed by atoms with E-state index in [0.717, 1.165) is 74.4 Å². The van der Waals surface area contributed by atoms with Crippen LogP contribution in [0.3, 0.4) is 0 Å². The van der Waals surface area contributed by atoms with Crippen LogP contribution in [0.2, 0.25) is 0 Å². The van der Waals surface area contributed by atoms with Crippen LogP contribution in [0.25, 0.3) is 10.9 Å². The standard InChI is InChI=1S/C24H29N5O2/c1-17-8-10-25-16-22(17)27-18-4-6-19(7-5-18)31-24-20-3-2-9-26-21(20)15-23(28-24)29-11-13-30-14-12-29/h2-3,8-10,15-16,18-19,27H,4-7,11-14H2,1H3. The molecule has 0 unspecified atom stereocenters. The van der Waals surface area contributed by atoms with Crippen LogP contribution in [0.5, 0.6) is 5.88 Å². The Labute approximate surface area is 182 Å². The molecule has 1 aliphatic heterocycles. The first-order chi connectivity index (χ1) is 15.3. The number of aryl methyl sites for hydroxylation is 1. The lowest BCUT2D eigenvalue weighted by atomic mass is 9.92. The molecule has 0 aromatic carbocycles. The van der Waals surface area contributed by atoms with Crippen LogP contribution in [0.4, 0.5) is 11.5 Å². The Morgan fingerprint density at radius 3 is 2.74 bits per heavy atom. The Morgan fingerprint density at radius 2 is 1.94 bits per heavy atom. The van der Waals surface area contributed by atoms with Crippen molar-refractivity contribution < 1.29 is 9.47 Å². The van der Waals surface area contributed by atoms with Crippen molar-refractivity contribution in [2.45, 2.75) is 44.8 Å². The average Bonchev–Trinajstić information content (AvgIpc) is 2.82. The van der Waals surface area contributed by atoms with E-state index in [-0.39, 0.29) is 6.10 Å². The molecular weight excluding hydrogens is 390 g/mol. The second kappa shape index (κ2) is 9.06. The molecule has 1 saturated heterocycles. The summed E-state index contributed by atoms with van der Waals surface area (Å²) in [5.41, 5.74) is 3.29. The molecule has 3 aromatic rings. The summed E-state index contributed by atoms with van der Waals surface area (Å²) in [5, 5.41) is 4.63. The van der Waals surface area contributed by atoms with Crippen LogP contribution < -0.4 is 15.0 Å². The van der Waals surface area contributed by atoms with E-state index in [1.165, 1.54) is 5.56 Å². The number of morpholine rings is 1. The SMILES string of the molecule is Cc1ccncc1NC1CCC(Oc2nc(N3CCOCC3)cc3ncccc23)CC1. The third kappa shape index (κ3) is 4.56. The molecule has 7 heteroatoms. The fraction of sp³-hybridized carbons (Fsp3) is 0.458. The fourth-order valence-corrected chi connectivity index (χ4v) is 4.39. The molecule has 3 aromatic heterocycles. The second-order valence-corrected chi connectivity index (χ2v) is 8.38. The number of rotatable bonds is 5. The fourth-order valence-electron chi connectivity index (χ4n) is 4.39. The molecule has 7 nitrogen and oxygen atoms in total. The summed E-state index contributed by atoms with van der Waals surface area (Å²) in [5.74, 6) is 1.62. The average molecular weight is 420 g/mol. The van der Waals surface area contributed by atoms with Crippen molar-refractivity contribution in [3.63, 3.8) is 0 Å². The van der Waals surface area contributed by atoms with E-state index in [1.54, 1.807) is 0 Å². The van der Waals surface area contributed by atoms with Gasteiger partial charge in [-0.05, 0) is 56.4 Å². The summed E-state index contributed by atoms with van der Waals surface area (Å²) in [4.78, 5) is 16.0. The molecule has 1 saturated carbocycles. The van der Waals surface area contributed by atoms with Crippen LogP contribution in [0, 0.1) is 6.92 Å². The van der Waals surface area contributed by atoms with Gasteiger partial charge in [0.05, 0.1) is 36.0 Å². The molecule has 0 amide bonds. The molecule has 1 N–H and O–H groups in total. The number of pyridine rings is 3. The minimum Gasteiger partial charge on any atom is -0.474 e. The van der Waals surface area contributed by atoms with Crippen LogP contribution in [-0.4, -0.2) is 53.4 Å². The molecular formula is C24H29N5O2. The largest absolute Gasteiger partial charge is 0.474 e. The maximum absolute atomic E-state index is 6.47. The minimum atomic E-state index is 0.170. The number of ether oxygens (including phenoxy) is 2. The van der Waals surface area contributed by atoms with Gasteiger partial charge in [0, 0.05) is 37.6 Å². The number of fused-ring (bicyclic) bond motifs is 1. The van der Waals surface area contributed by atoms with Crippen molar-refractivity contribution in [3.8, 4) is 5.88 Å². The monoisotopic (exact) mass is 419 g/mol. The number of nitrogens with zero attached hydrogens (tertiary/aromatic N) is 4. The normalized spacial score (nSPS) is 21.8. The molecule has 31 heavy (non-hydrogen) atoms. The molecule has 0 atom stereocenters. The van der Waals surface area contributed by atoms with Crippen LogP contribution in [0.15, 0.2) is 42.9 Å². The van der Waals surface area contributed by atoms with Crippen LogP contribution in [-0.2, 0) is 4.74 Å². The zero-order valence-corrected chi connectivity index (χ0v) is 18.0. The predicted octanol–water partition coefficient (Wildman–Crippen LogP) is 3.97. The maximum atomic E-state index is 6.47. The van der Waals surface area contributed by atoms with Gasteiger partial charge < -0.3 is 19.7 Å². The van der Waals surface area contributed by atoms with Gasteiger partial charge in [-0.25, -0.2) is 0 Å². The third-order valence-corrected chi connectivity index (χ3v) is 6.24. The van der Waals surface area contributed by atoms with Crippen molar-refractivity contribution in [2.75, 3.05) is 36.5 Å². The molecule has 4 heterocycles. The van der Waals surface area contributed by atoms with E-state index in [1.807, 2.05) is 36.8 Å². The van der Waals surface area contributed by atoms with E-state index in [2.05, 4.69) is 33.2 Å². The van der Waals surface area contributed by atoms with Crippen molar-refractivity contribution in [1.82, 2.24) is 15.0 Å². The summed E-state index contributed by atoms with van der Waals surface area (Å²) in [6.07, 6.45) is 9.89. The Kier molecular flexibility index (Phi) is 5.84. The molecule has 2 aliphatic rings. The highest BCUT2D eigenvalue weighted by atomic mass is 16.5. The Balaban J connectivity index is 1.28. The molecule has 0 radical (unpaired) electrons. The van der Waals surface area contributed by atoms with Gasteiger partial charge in [-0.15, -0.1) is 0 Å². The highest BCUT2D eigenvalue weighted by molar-refractivity contribution is 5.85. The van der Waals surface area contributed by atoms with E-state index < -0.39 is 0 Å². The smallest absolute Gasteiger partial charge is 0.225 e. The molecule has 1 aliphatic carbocycles. The molecule has 2 fully saturated rings. The zero-order valence-electron chi connectivity index (χ0n) is 18.0. The number of nitrogens with one attached hydrogen (secondary N) is 1. The van der Waals surface area contributed by atoms with Gasteiger partial charge in [-0.2, -0.15) is 4.98 Å². The predicted molar refractivity (Wildman–Crippen MR) is 122 cm³/mol. The first kappa shape index (κ1) is 20.0. The van der Waals surface area contributed by atoms with Crippen LogP contribution >= 0.6 is 0 Å². The lowest BCUT2D eigenvalue weighted by molar-refractivity contribution is 0.122. The van der Waals surface area contributed by atoms with E-state index >= 15 is 0 Å². The summed E-state index contributed by atoms with van der Waals surface area (Å²) in [6.45, 7) is 5.26. The first-order valence-electron chi connectivity index (χ1n) is 11.2. The molecule has 5 rings (SSSR count). The minimum absolute atomic E-state index is 0.170. The third-order valence-electron chi connectivity index (χ3n) is 6.24. The zero-order chi connectivity index (χ0) is 21.0. The van der Waals surface area contributed by atoms with Crippen molar-refractivity contribution in [3.05, 3.63) is 48.4 Å². The Morgan fingerprint density at radius 1 is 1.10 bits per heavy atom. The van der Waals surface area contributed by atoms with E-state index in [0.29, 0.717) is 11.9 Å². The summed E-state index contributed by atoms with van der Waals surface area (Å²) >= 11 is 0. The quantitative estimate of drug-likeness (QED) is 0.671. The van der Waals surface area contributed by atoms with Gasteiger partial charge in [-0.3, -0.25) is 9.97 Å². The lowest BCUT2D eigenvalue weighted by Gasteiger charge is -2.31. The number of aromatic nitrogens is 3. The topological polar surface area (TPSA) is 72.4 Å². The van der Waals surface area contributed by atoms with Crippen LogP contribution in [0.1, 0.15) is 31.2 Å². The van der Waals surface area contributed by atoms with E-state index in [9.17, 15) is 0 Å². The maximum Gasteiger partial charge on any atom is 0.225 e. The highest BCUT2D eigenvalue weighted by Crippen LogP contribution is 2.31. The van der Waals surface area contributed by atoms with Crippen molar-refractivity contribution >= 4 is 22.4 Å². The first-order valence-corrected chi connectivity index (χ1v) is 11.2. The van der Waals surface area contributed by atoms with Gasteiger partial charge in [-0.1, -0.05) is 0 Å². The van der Waals surface area contributed by atoms with Gasteiger partial charge >= 0.3 is 0 Å². The summed E-state index contributed by atoms with van der Waals surface area (Å²) < 4.78 is 12.0. The van der Waals surface area contributed by atoms with Gasteiger partial charge in [0.1, 0.15) is 11.9 Å². The van der Waals surface area contributed by atoms with Gasteiger partial charge in [0.2, 0.25) is 5.88 Å². The molecule has 162 valence electrons. The van der Waals surface area contributed by atoms with E-state index in [4.69, 9.17) is 14.5 Å². The summed E-state index contributed by atoms with van der Waals surface area (Å²) in [7, 11) is 0. The van der Waals surface area contributed by atoms with Gasteiger partial charge in [0.25, 0.3) is 0 Å². The van der Waals surface area contributed by atoms with Gasteiger partial charge in [0.15, 0.2) is 0 Å². The number of hydrogen-bond acceptors (Lipinski definition) is 7. The number of hydrogen-bond donors (Lipinski definition) is 1. The second-order valence-electron chi connectivity index (χ2n) is 8.38. The number of anilines is 2. The Bertz CT molecular complexity index is 1030. The lowest BCUT2D eigenvalue weighted by Crippen LogP contribution is -2.37. The molecule has 0 spiro atoms. The highest BCUT2D eigenvalue weighted by Gasteiger charge is 2.24. The molecule has 0 bridgehead atoms. The summed E-state index contributed by atoms with van der Waals surface area (Å²) in [6, 6.07) is 8.55. The Hall–Kier alpha value is -2.93. The van der Waals surface area contributed by atoms with Crippen molar-refractivity contribution in [1.29, 1.82) is 0 Å². The van der Waals surface area contributed by atoms with Crippen molar-refractivity contribution in [2.24, 2.45) is 0 Å².